The SMILES string of the molecule is CP(C)(=O)CN1CCN2CCN(CCN(Cc3ccccc3O)CC2)CC1. The van der Waals surface area contributed by atoms with Crippen molar-refractivity contribution >= 4 is 7.14 Å². The van der Waals surface area contributed by atoms with Gasteiger partial charge in [0.15, 0.2) is 0 Å². The van der Waals surface area contributed by atoms with Crippen LogP contribution in [0.15, 0.2) is 24.3 Å². The van der Waals surface area contributed by atoms with E-state index in [1.165, 1.54) is 0 Å². The van der Waals surface area contributed by atoms with Gasteiger partial charge in [0.05, 0.1) is 13.4 Å². The molecular weight excluding hydrogens is 359 g/mol. The van der Waals surface area contributed by atoms with Gasteiger partial charge in [-0.2, -0.15) is 0 Å². The molecular formula is C20H35N4O2P. The van der Waals surface area contributed by atoms with E-state index in [-0.39, 0.29) is 0 Å². The number of fused-ring (bicyclic) bond motifs is 3. The third-order valence-electron chi connectivity index (χ3n) is 5.59. The van der Waals surface area contributed by atoms with Crippen molar-refractivity contribution in [3.63, 3.8) is 0 Å². The van der Waals surface area contributed by atoms with Gasteiger partial charge in [0.1, 0.15) is 5.75 Å². The highest BCUT2D eigenvalue weighted by atomic mass is 31.2. The van der Waals surface area contributed by atoms with E-state index in [9.17, 15) is 9.67 Å². The van der Waals surface area contributed by atoms with Gasteiger partial charge in [-0.1, -0.05) is 18.2 Å². The fourth-order valence-corrected chi connectivity index (χ4v) is 5.22. The summed E-state index contributed by atoms with van der Waals surface area (Å²) in [7, 11) is -2.03. The predicted octanol–water partition coefficient (Wildman–Crippen LogP) is 1.71. The first-order valence-corrected chi connectivity index (χ1v) is 12.9. The molecule has 152 valence electrons. The van der Waals surface area contributed by atoms with Crippen LogP contribution in [0.5, 0.6) is 5.75 Å². The van der Waals surface area contributed by atoms with Crippen LogP contribution in [-0.2, 0) is 11.1 Å². The van der Waals surface area contributed by atoms with E-state index >= 15 is 0 Å². The van der Waals surface area contributed by atoms with E-state index in [0.29, 0.717) is 5.75 Å². The van der Waals surface area contributed by atoms with E-state index < -0.39 is 7.14 Å². The summed E-state index contributed by atoms with van der Waals surface area (Å²) in [5.41, 5.74) is 1.01. The Labute approximate surface area is 164 Å². The highest BCUT2D eigenvalue weighted by Gasteiger charge is 2.22. The van der Waals surface area contributed by atoms with Crippen molar-refractivity contribution in [1.29, 1.82) is 0 Å². The van der Waals surface area contributed by atoms with Gasteiger partial charge in [-0.05, 0) is 19.4 Å². The van der Waals surface area contributed by atoms with Gasteiger partial charge in [-0.15, -0.1) is 0 Å². The maximum absolute atomic E-state index is 12.3. The Kier molecular flexibility index (Phi) is 7.35. The molecule has 2 aliphatic rings. The first kappa shape index (κ1) is 20.8. The predicted molar refractivity (Wildman–Crippen MR) is 112 cm³/mol. The normalized spacial score (nSPS) is 26.4. The minimum absolute atomic E-state index is 0.395. The molecule has 0 aliphatic carbocycles. The van der Waals surface area contributed by atoms with Gasteiger partial charge in [-0.25, -0.2) is 0 Å². The minimum atomic E-state index is -2.03. The van der Waals surface area contributed by atoms with E-state index in [1.54, 1.807) is 6.07 Å². The van der Waals surface area contributed by atoms with Crippen LogP contribution in [-0.4, -0.2) is 110 Å². The van der Waals surface area contributed by atoms with E-state index in [4.69, 9.17) is 0 Å². The van der Waals surface area contributed by atoms with E-state index in [0.717, 1.165) is 83.8 Å². The lowest BCUT2D eigenvalue weighted by Gasteiger charge is -2.30. The molecule has 2 unspecified atom stereocenters. The van der Waals surface area contributed by atoms with Crippen LogP contribution in [0.1, 0.15) is 5.56 Å². The Hall–Kier alpha value is -0.910. The summed E-state index contributed by atoms with van der Waals surface area (Å²) >= 11 is 0. The Morgan fingerprint density at radius 2 is 1.30 bits per heavy atom. The summed E-state index contributed by atoms with van der Waals surface area (Å²) in [4.78, 5) is 9.95. The molecule has 1 aromatic carbocycles. The van der Waals surface area contributed by atoms with Crippen molar-refractivity contribution in [2.75, 3.05) is 85.1 Å². The minimum Gasteiger partial charge on any atom is -0.508 e. The number of hydrogen-bond acceptors (Lipinski definition) is 6. The smallest absolute Gasteiger partial charge is 0.120 e. The maximum atomic E-state index is 12.3. The van der Waals surface area contributed by atoms with Crippen molar-refractivity contribution < 1.29 is 9.67 Å². The van der Waals surface area contributed by atoms with Crippen molar-refractivity contribution in [3.05, 3.63) is 29.8 Å². The molecule has 3 rings (SSSR count). The van der Waals surface area contributed by atoms with Crippen molar-refractivity contribution in [2.45, 2.75) is 6.54 Å². The second-order valence-corrected chi connectivity index (χ2v) is 11.9. The lowest BCUT2D eigenvalue weighted by atomic mass is 10.2. The topological polar surface area (TPSA) is 50.3 Å². The zero-order chi connectivity index (χ0) is 19.3. The van der Waals surface area contributed by atoms with Crippen LogP contribution in [0.4, 0.5) is 0 Å². The van der Waals surface area contributed by atoms with Crippen LogP contribution >= 0.6 is 7.14 Å². The largest absolute Gasteiger partial charge is 0.508 e. The second-order valence-electron chi connectivity index (χ2n) is 8.42. The molecule has 2 heterocycles. The fourth-order valence-electron chi connectivity index (χ4n) is 3.98. The summed E-state index contributed by atoms with van der Waals surface area (Å²) in [6.45, 7) is 15.0. The zero-order valence-corrected chi connectivity index (χ0v) is 17.8. The van der Waals surface area contributed by atoms with Gasteiger partial charge in [0.25, 0.3) is 0 Å². The van der Waals surface area contributed by atoms with Crippen molar-refractivity contribution in [3.8, 4) is 5.75 Å². The molecule has 7 heteroatoms. The molecule has 0 spiro atoms. The lowest BCUT2D eigenvalue weighted by Crippen LogP contribution is -2.42. The lowest BCUT2D eigenvalue weighted by molar-refractivity contribution is 0.179. The number of aromatic hydroxyl groups is 1. The number of hydrogen-bond donors (Lipinski definition) is 1. The van der Waals surface area contributed by atoms with Crippen molar-refractivity contribution in [2.24, 2.45) is 0 Å². The summed E-state index contributed by atoms with van der Waals surface area (Å²) in [5.74, 6) is 0.395. The number of para-hydroxylation sites is 1. The molecule has 6 nitrogen and oxygen atoms in total. The average molecular weight is 395 g/mol. The summed E-state index contributed by atoms with van der Waals surface area (Å²) in [5, 5.41) is 10.1. The van der Waals surface area contributed by atoms with Gasteiger partial charge in [0, 0.05) is 77.6 Å². The van der Waals surface area contributed by atoms with E-state index in [2.05, 4.69) is 19.6 Å². The van der Waals surface area contributed by atoms with E-state index in [1.807, 2.05) is 31.5 Å². The second kappa shape index (κ2) is 9.53. The monoisotopic (exact) mass is 394 g/mol. The number of phenolic OH excluding ortho intramolecular Hbond substituents is 1. The van der Waals surface area contributed by atoms with Gasteiger partial charge in [0.2, 0.25) is 0 Å². The third kappa shape index (κ3) is 6.88. The average Bonchev–Trinajstić information content (AvgIpc) is 2.75. The van der Waals surface area contributed by atoms with Gasteiger partial charge in [-0.3, -0.25) is 19.6 Å². The van der Waals surface area contributed by atoms with Gasteiger partial charge < -0.3 is 9.67 Å². The molecule has 1 N–H and O–H groups in total. The third-order valence-corrected chi connectivity index (χ3v) is 6.67. The van der Waals surface area contributed by atoms with Crippen LogP contribution in [0.3, 0.4) is 0 Å². The molecule has 0 aromatic heterocycles. The van der Waals surface area contributed by atoms with Crippen molar-refractivity contribution in [1.82, 2.24) is 19.6 Å². The molecule has 0 radical (unpaired) electrons. The quantitative estimate of drug-likeness (QED) is 0.785. The summed E-state index contributed by atoms with van der Waals surface area (Å²) in [6.07, 6.45) is 0.730. The first-order valence-electron chi connectivity index (χ1n) is 10.1. The highest BCUT2D eigenvalue weighted by Crippen LogP contribution is 2.36. The summed E-state index contributed by atoms with van der Waals surface area (Å²) < 4.78 is 12.3. The molecule has 2 fully saturated rings. The molecule has 2 saturated heterocycles. The summed E-state index contributed by atoms with van der Waals surface area (Å²) in [6, 6.07) is 7.67. The Morgan fingerprint density at radius 3 is 1.81 bits per heavy atom. The number of rotatable bonds is 4. The highest BCUT2D eigenvalue weighted by molar-refractivity contribution is 7.62. The van der Waals surface area contributed by atoms with Crippen LogP contribution < -0.4 is 0 Å². The zero-order valence-electron chi connectivity index (χ0n) is 16.9. The Bertz CT molecular complexity index is 631. The maximum Gasteiger partial charge on any atom is 0.120 e. The Balaban J connectivity index is 1.64. The Morgan fingerprint density at radius 1 is 0.815 bits per heavy atom. The molecule has 27 heavy (non-hydrogen) atoms. The van der Waals surface area contributed by atoms with Gasteiger partial charge >= 0.3 is 0 Å². The fraction of sp³-hybridized carbons (Fsp3) is 0.700. The standard InChI is InChI=1S/C20H35N4O2P/c1-27(2,26)18-24-15-11-21-7-8-22(12-16-24)10-14-23(13-9-21)17-19-5-3-4-6-20(19)25/h3-6,25H,7-18H2,1-2H3. The van der Waals surface area contributed by atoms with Crippen LogP contribution in [0.2, 0.25) is 0 Å². The van der Waals surface area contributed by atoms with Crippen LogP contribution in [0.25, 0.3) is 0 Å². The number of nitrogens with zero attached hydrogens (tertiary/aromatic N) is 4. The van der Waals surface area contributed by atoms with Crippen LogP contribution in [0, 0.1) is 0 Å². The molecule has 0 saturated carbocycles. The molecule has 0 amide bonds. The number of benzene rings is 1. The first-order chi connectivity index (χ1) is 12.9. The molecule has 1 aromatic rings. The molecule has 2 bridgehead atoms. The molecule has 2 atom stereocenters. The number of phenols is 1. The molecule has 2 aliphatic heterocycles.